The number of benzene rings is 1. The predicted molar refractivity (Wildman–Crippen MR) is 54.7 cm³/mol. The lowest BCUT2D eigenvalue weighted by Gasteiger charge is -2.10. The predicted octanol–water partition coefficient (Wildman–Crippen LogP) is 1.89. The summed E-state index contributed by atoms with van der Waals surface area (Å²) in [5, 5.41) is 2.85. The summed E-state index contributed by atoms with van der Waals surface area (Å²) in [7, 11) is 0. The molecule has 1 aromatic carbocycles. The molecule has 74 valence electrons. The summed E-state index contributed by atoms with van der Waals surface area (Å²) in [5.74, 6) is 0.868. The van der Waals surface area contributed by atoms with E-state index in [0.29, 0.717) is 6.61 Å². The number of nitrogens with one attached hydrogen (secondary N) is 1. The van der Waals surface area contributed by atoms with Gasteiger partial charge in [-0.1, -0.05) is 6.07 Å². The zero-order chi connectivity index (χ0) is 10.1. The van der Waals surface area contributed by atoms with E-state index in [1.54, 1.807) is 0 Å². The van der Waals surface area contributed by atoms with E-state index < -0.39 is 0 Å². The van der Waals surface area contributed by atoms with Crippen molar-refractivity contribution in [2.24, 2.45) is 0 Å². The second-order valence-electron chi connectivity index (χ2n) is 3.51. The van der Waals surface area contributed by atoms with Crippen LogP contribution in [0.15, 0.2) is 12.1 Å². The number of aryl methyl sites for hydroxylation is 1. The van der Waals surface area contributed by atoms with Gasteiger partial charge >= 0.3 is 0 Å². The fraction of sp³-hybridized carbons (Fsp3) is 0.364. The van der Waals surface area contributed by atoms with Crippen LogP contribution in [0, 0.1) is 6.92 Å². The maximum absolute atomic E-state index is 11.0. The maximum Gasteiger partial charge on any atom is 0.221 e. The van der Waals surface area contributed by atoms with Gasteiger partial charge in [-0.05, 0) is 18.6 Å². The highest BCUT2D eigenvalue weighted by molar-refractivity contribution is 5.91. The van der Waals surface area contributed by atoms with Crippen LogP contribution in [-0.4, -0.2) is 12.5 Å². The van der Waals surface area contributed by atoms with Gasteiger partial charge in [0.25, 0.3) is 0 Å². The lowest BCUT2D eigenvalue weighted by atomic mass is 10.1. The molecule has 0 atom stereocenters. The van der Waals surface area contributed by atoms with Crippen molar-refractivity contribution in [3.63, 3.8) is 0 Å². The highest BCUT2D eigenvalue weighted by atomic mass is 16.5. The van der Waals surface area contributed by atoms with Crippen molar-refractivity contribution < 1.29 is 9.53 Å². The quantitative estimate of drug-likeness (QED) is 0.736. The van der Waals surface area contributed by atoms with E-state index in [0.717, 1.165) is 29.0 Å². The Kier molecular flexibility index (Phi) is 2.15. The molecule has 1 amide bonds. The molecule has 3 heteroatoms. The number of amides is 1. The van der Waals surface area contributed by atoms with Gasteiger partial charge in [-0.2, -0.15) is 0 Å². The molecule has 0 spiro atoms. The van der Waals surface area contributed by atoms with Crippen LogP contribution in [-0.2, 0) is 11.2 Å². The van der Waals surface area contributed by atoms with Crippen molar-refractivity contribution in [3.8, 4) is 5.75 Å². The molecule has 1 aliphatic heterocycles. The van der Waals surface area contributed by atoms with Gasteiger partial charge < -0.3 is 10.1 Å². The van der Waals surface area contributed by atoms with Gasteiger partial charge in [0.05, 0.1) is 12.3 Å². The summed E-state index contributed by atoms with van der Waals surface area (Å²) >= 11 is 0. The molecule has 0 aliphatic carbocycles. The molecule has 14 heavy (non-hydrogen) atoms. The van der Waals surface area contributed by atoms with Crippen LogP contribution in [0.25, 0.3) is 0 Å². The Hall–Kier alpha value is -1.51. The summed E-state index contributed by atoms with van der Waals surface area (Å²) < 4.78 is 5.42. The number of anilines is 1. The first kappa shape index (κ1) is 9.06. The normalized spacial score (nSPS) is 13.3. The molecule has 2 rings (SSSR count). The van der Waals surface area contributed by atoms with E-state index in [1.165, 1.54) is 6.92 Å². The molecular formula is C11H13NO2. The Morgan fingerprint density at radius 2 is 2.29 bits per heavy atom. The number of fused-ring (bicyclic) bond motifs is 1. The minimum atomic E-state index is -0.0339. The fourth-order valence-electron chi connectivity index (χ4n) is 1.74. The summed E-state index contributed by atoms with van der Waals surface area (Å²) in [4.78, 5) is 11.0. The maximum atomic E-state index is 11.0. The highest BCUT2D eigenvalue weighted by Gasteiger charge is 2.18. The van der Waals surface area contributed by atoms with E-state index in [1.807, 2.05) is 19.1 Å². The molecule has 1 aliphatic rings. The van der Waals surface area contributed by atoms with Gasteiger partial charge in [-0.3, -0.25) is 4.79 Å². The molecule has 0 fully saturated rings. The Balaban J connectivity index is 2.46. The molecule has 0 radical (unpaired) electrons. The summed E-state index contributed by atoms with van der Waals surface area (Å²) in [5.41, 5.74) is 3.14. The minimum absolute atomic E-state index is 0.0339. The van der Waals surface area contributed by atoms with E-state index in [-0.39, 0.29) is 5.91 Å². The molecular weight excluding hydrogens is 178 g/mol. The lowest BCUT2D eigenvalue weighted by molar-refractivity contribution is -0.114. The third-order valence-corrected chi connectivity index (χ3v) is 2.39. The van der Waals surface area contributed by atoms with Crippen molar-refractivity contribution in [3.05, 3.63) is 23.3 Å². The van der Waals surface area contributed by atoms with Gasteiger partial charge in [0.2, 0.25) is 5.91 Å². The first-order chi connectivity index (χ1) is 6.68. The van der Waals surface area contributed by atoms with E-state index >= 15 is 0 Å². The molecule has 0 bridgehead atoms. The lowest BCUT2D eigenvalue weighted by Crippen LogP contribution is -2.09. The smallest absolute Gasteiger partial charge is 0.221 e. The first-order valence-corrected chi connectivity index (χ1v) is 4.71. The van der Waals surface area contributed by atoms with Crippen molar-refractivity contribution >= 4 is 11.6 Å². The average Bonchev–Trinajstić information content (AvgIpc) is 2.57. The number of ether oxygens (including phenoxy) is 1. The summed E-state index contributed by atoms with van der Waals surface area (Å²) in [6.07, 6.45) is 0.882. The number of carbonyl (C=O) groups is 1. The third-order valence-electron chi connectivity index (χ3n) is 2.39. The van der Waals surface area contributed by atoms with Crippen LogP contribution >= 0.6 is 0 Å². The van der Waals surface area contributed by atoms with Crippen LogP contribution in [0.4, 0.5) is 5.69 Å². The van der Waals surface area contributed by atoms with Gasteiger partial charge in [0.1, 0.15) is 5.75 Å². The van der Waals surface area contributed by atoms with Gasteiger partial charge in [0.15, 0.2) is 0 Å². The Morgan fingerprint density at radius 3 is 3.00 bits per heavy atom. The topological polar surface area (TPSA) is 38.3 Å². The van der Waals surface area contributed by atoms with Crippen LogP contribution in [0.2, 0.25) is 0 Å². The number of rotatable bonds is 1. The number of hydrogen-bond acceptors (Lipinski definition) is 2. The van der Waals surface area contributed by atoms with Crippen LogP contribution in [0.5, 0.6) is 5.75 Å². The van der Waals surface area contributed by atoms with Crippen molar-refractivity contribution in [2.45, 2.75) is 20.3 Å². The second-order valence-corrected chi connectivity index (χ2v) is 3.51. The largest absolute Gasteiger partial charge is 0.493 e. The van der Waals surface area contributed by atoms with Gasteiger partial charge in [-0.25, -0.2) is 0 Å². The Labute approximate surface area is 83.1 Å². The van der Waals surface area contributed by atoms with E-state index in [2.05, 4.69) is 5.32 Å². The zero-order valence-corrected chi connectivity index (χ0v) is 8.39. The SMILES string of the molecule is CC(=O)Nc1c(C)ccc2c1CCO2. The van der Waals surface area contributed by atoms with E-state index in [4.69, 9.17) is 4.74 Å². The van der Waals surface area contributed by atoms with Crippen molar-refractivity contribution in [1.29, 1.82) is 0 Å². The third kappa shape index (κ3) is 1.45. The summed E-state index contributed by atoms with van der Waals surface area (Å²) in [6.45, 7) is 4.23. The molecule has 0 aromatic heterocycles. The van der Waals surface area contributed by atoms with Crippen molar-refractivity contribution in [1.82, 2.24) is 0 Å². The monoisotopic (exact) mass is 191 g/mol. The fourth-order valence-corrected chi connectivity index (χ4v) is 1.74. The van der Waals surface area contributed by atoms with Gasteiger partial charge in [-0.15, -0.1) is 0 Å². The molecule has 0 saturated heterocycles. The number of carbonyl (C=O) groups excluding carboxylic acids is 1. The molecule has 1 heterocycles. The van der Waals surface area contributed by atoms with Crippen LogP contribution < -0.4 is 10.1 Å². The molecule has 3 nitrogen and oxygen atoms in total. The van der Waals surface area contributed by atoms with E-state index in [9.17, 15) is 4.79 Å². The highest BCUT2D eigenvalue weighted by Crippen LogP contribution is 2.34. The molecule has 0 saturated carbocycles. The van der Waals surface area contributed by atoms with Gasteiger partial charge in [0, 0.05) is 18.9 Å². The zero-order valence-electron chi connectivity index (χ0n) is 8.39. The van der Waals surface area contributed by atoms with Crippen LogP contribution in [0.1, 0.15) is 18.1 Å². The summed E-state index contributed by atoms with van der Waals surface area (Å²) in [6, 6.07) is 3.93. The Morgan fingerprint density at radius 1 is 1.50 bits per heavy atom. The average molecular weight is 191 g/mol. The second kappa shape index (κ2) is 3.33. The molecule has 1 N–H and O–H groups in total. The standard InChI is InChI=1S/C11H13NO2/c1-7-3-4-10-9(5-6-14-10)11(7)12-8(2)13/h3-4H,5-6H2,1-2H3,(H,12,13). The van der Waals surface area contributed by atoms with Crippen molar-refractivity contribution in [2.75, 3.05) is 11.9 Å². The Bertz CT molecular complexity index is 385. The molecule has 1 aromatic rings. The van der Waals surface area contributed by atoms with Crippen LogP contribution in [0.3, 0.4) is 0 Å². The number of hydrogen-bond donors (Lipinski definition) is 1. The minimum Gasteiger partial charge on any atom is -0.493 e. The molecule has 0 unspecified atom stereocenters. The first-order valence-electron chi connectivity index (χ1n) is 4.71.